The summed E-state index contributed by atoms with van der Waals surface area (Å²) in [5, 5.41) is 12.5. The molecule has 0 aliphatic heterocycles. The minimum atomic E-state index is -0.674. The summed E-state index contributed by atoms with van der Waals surface area (Å²) < 4.78 is 13.5. The largest absolute Gasteiger partial charge is 0.505 e. The van der Waals surface area contributed by atoms with Gasteiger partial charge in [-0.1, -0.05) is 13.8 Å². The predicted octanol–water partition coefficient (Wildman–Crippen LogP) is 3.85. The molecule has 1 aromatic heterocycles. The highest BCUT2D eigenvalue weighted by Gasteiger charge is 2.16. The van der Waals surface area contributed by atoms with E-state index in [1.165, 1.54) is 12.1 Å². The number of aromatic nitrogens is 2. The number of phenolic OH excluding ortho intramolecular Hbond substituents is 1. The summed E-state index contributed by atoms with van der Waals surface area (Å²) in [6.45, 7) is 8.86. The van der Waals surface area contributed by atoms with Crippen LogP contribution in [0.25, 0.3) is 11.4 Å². The van der Waals surface area contributed by atoms with Gasteiger partial charge in [0.2, 0.25) is 0 Å². The van der Waals surface area contributed by atoms with E-state index in [9.17, 15) is 9.50 Å². The van der Waals surface area contributed by atoms with Gasteiger partial charge in [-0.3, -0.25) is 0 Å². The quantitative estimate of drug-likeness (QED) is 0.897. The van der Waals surface area contributed by atoms with Crippen LogP contribution in [-0.4, -0.2) is 21.6 Å². The molecule has 2 rings (SSSR count). The van der Waals surface area contributed by atoms with Crippen molar-refractivity contribution in [2.24, 2.45) is 0 Å². The Hall–Kier alpha value is -2.17. The summed E-state index contributed by atoms with van der Waals surface area (Å²) >= 11 is 0. The molecule has 2 aromatic rings. The average molecular weight is 289 g/mol. The van der Waals surface area contributed by atoms with Crippen molar-refractivity contribution in [2.75, 3.05) is 11.9 Å². The van der Waals surface area contributed by atoms with Crippen LogP contribution in [0, 0.1) is 12.7 Å². The van der Waals surface area contributed by atoms with Crippen molar-refractivity contribution in [3.8, 4) is 17.1 Å². The topological polar surface area (TPSA) is 58.0 Å². The smallest absolute Gasteiger partial charge is 0.165 e. The molecule has 0 aliphatic carbocycles. The average Bonchev–Trinajstić information content (AvgIpc) is 2.41. The van der Waals surface area contributed by atoms with Crippen LogP contribution in [0.3, 0.4) is 0 Å². The third kappa shape index (κ3) is 3.12. The summed E-state index contributed by atoms with van der Waals surface area (Å²) in [5.41, 5.74) is 2.49. The molecule has 0 fully saturated rings. The van der Waals surface area contributed by atoms with Gasteiger partial charge in [0.15, 0.2) is 17.4 Å². The van der Waals surface area contributed by atoms with Crippen molar-refractivity contribution < 1.29 is 9.50 Å². The Balaban J connectivity index is 2.57. The molecule has 4 nitrogen and oxygen atoms in total. The molecule has 2 N–H and O–H groups in total. The number of rotatable bonds is 4. The number of aromatic hydroxyl groups is 1. The highest BCUT2D eigenvalue weighted by atomic mass is 19.1. The van der Waals surface area contributed by atoms with Gasteiger partial charge >= 0.3 is 0 Å². The fourth-order valence-corrected chi connectivity index (χ4v) is 2.35. The molecule has 0 saturated heterocycles. The third-order valence-electron chi connectivity index (χ3n) is 3.26. The molecule has 0 aliphatic rings. The lowest BCUT2D eigenvalue weighted by atomic mass is 10.0. The van der Waals surface area contributed by atoms with Crippen molar-refractivity contribution in [1.29, 1.82) is 0 Å². The van der Waals surface area contributed by atoms with Crippen LogP contribution in [0.15, 0.2) is 18.2 Å². The van der Waals surface area contributed by atoms with Crippen LogP contribution in [0.2, 0.25) is 0 Å². The Bertz CT molecular complexity index is 656. The highest BCUT2D eigenvalue weighted by molar-refractivity contribution is 5.61. The van der Waals surface area contributed by atoms with Crippen molar-refractivity contribution in [3.63, 3.8) is 0 Å². The van der Waals surface area contributed by atoms with E-state index in [1.807, 2.05) is 13.8 Å². The zero-order chi connectivity index (χ0) is 15.6. The molecule has 0 amide bonds. The Kier molecular flexibility index (Phi) is 4.40. The van der Waals surface area contributed by atoms with E-state index in [0.717, 1.165) is 23.6 Å². The van der Waals surface area contributed by atoms with Gasteiger partial charge in [-0.25, -0.2) is 14.4 Å². The minimum Gasteiger partial charge on any atom is -0.505 e. The van der Waals surface area contributed by atoms with Crippen LogP contribution in [-0.2, 0) is 0 Å². The molecule has 1 aromatic carbocycles. The normalized spacial score (nSPS) is 11.0. The van der Waals surface area contributed by atoms with E-state index in [1.54, 1.807) is 6.07 Å². The monoisotopic (exact) mass is 289 g/mol. The number of aryl methyl sites for hydroxylation is 1. The van der Waals surface area contributed by atoms with Crippen molar-refractivity contribution in [2.45, 2.75) is 33.6 Å². The van der Waals surface area contributed by atoms with Gasteiger partial charge in [-0.2, -0.15) is 0 Å². The van der Waals surface area contributed by atoms with Gasteiger partial charge in [0.05, 0.1) is 0 Å². The van der Waals surface area contributed by atoms with E-state index in [4.69, 9.17) is 0 Å². The van der Waals surface area contributed by atoms with Gasteiger partial charge < -0.3 is 10.4 Å². The summed E-state index contributed by atoms with van der Waals surface area (Å²) in [7, 11) is 0. The first-order chi connectivity index (χ1) is 9.93. The molecule has 0 atom stereocenters. The molecule has 0 spiro atoms. The van der Waals surface area contributed by atoms with E-state index in [2.05, 4.69) is 29.1 Å². The number of hydrogen-bond acceptors (Lipinski definition) is 4. The predicted molar refractivity (Wildman–Crippen MR) is 82.1 cm³/mol. The second-order valence-electron chi connectivity index (χ2n) is 5.25. The minimum absolute atomic E-state index is 0.296. The van der Waals surface area contributed by atoms with E-state index >= 15 is 0 Å². The number of nitrogens with zero attached hydrogens (tertiary/aromatic N) is 2. The van der Waals surface area contributed by atoms with E-state index in [0.29, 0.717) is 17.3 Å². The number of anilines is 1. The maximum Gasteiger partial charge on any atom is 0.165 e. The number of halogens is 1. The Morgan fingerprint density at radius 1 is 1.29 bits per heavy atom. The summed E-state index contributed by atoms with van der Waals surface area (Å²) in [4.78, 5) is 8.99. The van der Waals surface area contributed by atoms with Gasteiger partial charge in [-0.15, -0.1) is 0 Å². The lowest BCUT2D eigenvalue weighted by molar-refractivity contribution is 0.432. The molecule has 0 unspecified atom stereocenters. The fourth-order valence-electron chi connectivity index (χ4n) is 2.35. The fraction of sp³-hybridized carbons (Fsp3) is 0.375. The molecule has 0 bridgehead atoms. The molecule has 1 heterocycles. The van der Waals surface area contributed by atoms with Gasteiger partial charge in [0.25, 0.3) is 0 Å². The number of hydrogen-bond donors (Lipinski definition) is 2. The molecular weight excluding hydrogens is 269 g/mol. The van der Waals surface area contributed by atoms with Gasteiger partial charge in [0, 0.05) is 23.4 Å². The summed E-state index contributed by atoms with van der Waals surface area (Å²) in [6, 6.07) is 4.17. The van der Waals surface area contributed by atoms with Crippen LogP contribution in [0.5, 0.6) is 5.75 Å². The zero-order valence-electron chi connectivity index (χ0n) is 12.7. The van der Waals surface area contributed by atoms with Gasteiger partial charge in [0.1, 0.15) is 5.82 Å². The van der Waals surface area contributed by atoms with Gasteiger partial charge in [-0.05, 0) is 38.0 Å². The third-order valence-corrected chi connectivity index (χ3v) is 3.26. The van der Waals surface area contributed by atoms with Crippen molar-refractivity contribution >= 4 is 5.82 Å². The molecule has 0 radical (unpaired) electrons. The summed E-state index contributed by atoms with van der Waals surface area (Å²) in [5.74, 6) is 0.479. The Morgan fingerprint density at radius 3 is 2.57 bits per heavy atom. The molecular formula is C16H20FN3O. The Morgan fingerprint density at radius 2 is 2.00 bits per heavy atom. The van der Waals surface area contributed by atoms with Crippen molar-refractivity contribution in [3.05, 3.63) is 35.3 Å². The Labute approximate surface area is 124 Å². The maximum absolute atomic E-state index is 13.5. The van der Waals surface area contributed by atoms with Crippen LogP contribution in [0.1, 0.15) is 37.9 Å². The number of nitrogens with one attached hydrogen (secondary N) is 1. The van der Waals surface area contributed by atoms with Crippen LogP contribution >= 0.6 is 0 Å². The molecule has 5 heteroatoms. The summed E-state index contributed by atoms with van der Waals surface area (Å²) in [6.07, 6.45) is 0. The first-order valence-corrected chi connectivity index (χ1v) is 7.05. The SMILES string of the molecule is CCNc1nc(-c2ccc(O)c(F)c2)nc(C)c1C(C)C. The zero-order valence-corrected chi connectivity index (χ0v) is 12.7. The second kappa shape index (κ2) is 6.08. The van der Waals surface area contributed by atoms with E-state index in [-0.39, 0.29) is 5.75 Å². The molecule has 21 heavy (non-hydrogen) atoms. The van der Waals surface area contributed by atoms with Crippen molar-refractivity contribution in [1.82, 2.24) is 9.97 Å². The highest BCUT2D eigenvalue weighted by Crippen LogP contribution is 2.29. The lowest BCUT2D eigenvalue weighted by Crippen LogP contribution is -2.09. The standard InChI is InChI=1S/C16H20FN3O/c1-5-18-16-14(9(2)3)10(4)19-15(20-16)11-6-7-13(21)12(17)8-11/h6-9,21H,5H2,1-4H3,(H,18,19,20). The van der Waals surface area contributed by atoms with Crippen LogP contribution in [0.4, 0.5) is 10.2 Å². The molecule has 112 valence electrons. The lowest BCUT2D eigenvalue weighted by Gasteiger charge is -2.16. The van der Waals surface area contributed by atoms with Crippen LogP contribution < -0.4 is 5.32 Å². The molecule has 0 saturated carbocycles. The number of benzene rings is 1. The second-order valence-corrected chi connectivity index (χ2v) is 5.25. The first kappa shape index (κ1) is 15.2. The number of phenols is 1. The first-order valence-electron chi connectivity index (χ1n) is 7.05. The van der Waals surface area contributed by atoms with E-state index < -0.39 is 5.82 Å². The maximum atomic E-state index is 13.5.